The first-order valence-corrected chi connectivity index (χ1v) is 12.3. The predicted molar refractivity (Wildman–Crippen MR) is 132 cm³/mol. The molecule has 0 unspecified atom stereocenters. The molecule has 3 aromatic rings. The number of anilines is 3. The van der Waals surface area contributed by atoms with Gasteiger partial charge in [0.1, 0.15) is 29.2 Å². The number of hydrogen-bond donors (Lipinski definition) is 1. The molecule has 0 bridgehead atoms. The molecule has 3 aliphatic rings. The molecule has 1 aromatic carbocycles. The summed E-state index contributed by atoms with van der Waals surface area (Å²) in [5.41, 5.74) is 4.08. The monoisotopic (exact) mass is 461 g/mol. The van der Waals surface area contributed by atoms with Crippen molar-refractivity contribution in [2.45, 2.75) is 44.2 Å². The third-order valence-corrected chi connectivity index (χ3v) is 7.19. The molecule has 9 heteroatoms. The summed E-state index contributed by atoms with van der Waals surface area (Å²) in [7, 11) is 2.09. The average Bonchev–Trinajstić information content (AvgIpc) is 3.27. The molecule has 0 atom stereocenters. The van der Waals surface area contributed by atoms with Gasteiger partial charge in [-0.25, -0.2) is 15.0 Å². The number of morpholine rings is 1. The summed E-state index contributed by atoms with van der Waals surface area (Å²) in [6.45, 7) is 4.26. The fourth-order valence-electron chi connectivity index (χ4n) is 5.29. The van der Waals surface area contributed by atoms with E-state index in [1.165, 1.54) is 5.56 Å². The summed E-state index contributed by atoms with van der Waals surface area (Å²) < 4.78 is 12.1. The molecule has 0 amide bonds. The minimum atomic E-state index is 0.172. The van der Waals surface area contributed by atoms with Crippen LogP contribution in [0.25, 0.3) is 11.0 Å². The van der Waals surface area contributed by atoms with Gasteiger partial charge < -0.3 is 24.6 Å². The van der Waals surface area contributed by atoms with Gasteiger partial charge in [-0.2, -0.15) is 0 Å². The summed E-state index contributed by atoms with van der Waals surface area (Å²) in [6, 6.07) is 4.65. The highest BCUT2D eigenvalue weighted by Crippen LogP contribution is 2.34. The van der Waals surface area contributed by atoms with Crippen LogP contribution in [-0.2, 0) is 11.2 Å². The zero-order chi connectivity index (χ0) is 22.9. The van der Waals surface area contributed by atoms with E-state index in [-0.39, 0.29) is 6.10 Å². The number of hydrogen-bond acceptors (Lipinski definition) is 9. The molecule has 34 heavy (non-hydrogen) atoms. The minimum Gasteiger partial charge on any atom is -0.488 e. The van der Waals surface area contributed by atoms with Gasteiger partial charge in [0.2, 0.25) is 0 Å². The molecule has 2 aromatic heterocycles. The number of nitrogens with zero attached hydrogens (tertiary/aromatic N) is 6. The van der Waals surface area contributed by atoms with Crippen LogP contribution >= 0.6 is 0 Å². The van der Waals surface area contributed by atoms with Gasteiger partial charge in [-0.3, -0.25) is 4.98 Å². The van der Waals surface area contributed by atoms with Gasteiger partial charge in [-0.05, 0) is 38.2 Å². The van der Waals surface area contributed by atoms with Crippen LogP contribution in [0.5, 0.6) is 5.75 Å². The Hall–Kier alpha value is -3.20. The summed E-state index contributed by atoms with van der Waals surface area (Å²) in [5, 5.41) is 3.69. The highest BCUT2D eigenvalue weighted by molar-refractivity contribution is 5.85. The lowest BCUT2D eigenvalue weighted by atomic mass is 9.92. The Morgan fingerprint density at radius 2 is 1.79 bits per heavy atom. The van der Waals surface area contributed by atoms with Crippen molar-refractivity contribution >= 4 is 28.4 Å². The van der Waals surface area contributed by atoms with Crippen LogP contribution in [0.15, 0.2) is 30.9 Å². The third-order valence-electron chi connectivity index (χ3n) is 7.19. The first-order valence-electron chi connectivity index (χ1n) is 12.3. The normalized spacial score (nSPS) is 22.6. The van der Waals surface area contributed by atoms with E-state index in [1.54, 1.807) is 18.7 Å². The fraction of sp³-hybridized carbons (Fsp3) is 0.520. The van der Waals surface area contributed by atoms with Crippen molar-refractivity contribution in [1.29, 1.82) is 0 Å². The van der Waals surface area contributed by atoms with Crippen LogP contribution < -0.4 is 19.9 Å². The van der Waals surface area contributed by atoms with Crippen molar-refractivity contribution < 1.29 is 9.47 Å². The van der Waals surface area contributed by atoms with Crippen LogP contribution in [-0.4, -0.2) is 72.0 Å². The van der Waals surface area contributed by atoms with E-state index in [9.17, 15) is 0 Å². The molecule has 2 aliphatic heterocycles. The number of benzene rings is 1. The first-order chi connectivity index (χ1) is 16.7. The van der Waals surface area contributed by atoms with Gasteiger partial charge in [-0.1, -0.05) is 0 Å². The number of ether oxygens (including phenoxy) is 2. The zero-order valence-corrected chi connectivity index (χ0v) is 19.6. The maximum atomic E-state index is 6.57. The lowest BCUT2D eigenvalue weighted by Crippen LogP contribution is -2.36. The number of fused-ring (bicyclic) bond motifs is 2. The largest absolute Gasteiger partial charge is 0.488 e. The van der Waals surface area contributed by atoms with Crippen LogP contribution in [0.3, 0.4) is 0 Å². The van der Waals surface area contributed by atoms with Crippen molar-refractivity contribution in [1.82, 2.24) is 19.9 Å². The van der Waals surface area contributed by atoms with E-state index in [4.69, 9.17) is 9.47 Å². The van der Waals surface area contributed by atoms with Crippen molar-refractivity contribution in [2.75, 3.05) is 55.0 Å². The highest BCUT2D eigenvalue weighted by atomic mass is 16.5. The average molecular weight is 462 g/mol. The first kappa shape index (κ1) is 21.3. The lowest BCUT2D eigenvalue weighted by molar-refractivity contribution is 0.122. The minimum absolute atomic E-state index is 0.172. The number of nitrogens with one attached hydrogen (secondary N) is 1. The SMILES string of the molecule is CN1CCc2c(NC3CCC(Oc4cc(N5CCOCC5)cc5nccnc45)CC3)ncnc21. The maximum absolute atomic E-state index is 6.57. The number of likely N-dealkylation sites (N-methyl/N-ethyl adjacent to an activating group) is 1. The molecule has 1 saturated heterocycles. The van der Waals surface area contributed by atoms with E-state index in [2.05, 4.69) is 54.2 Å². The summed E-state index contributed by atoms with van der Waals surface area (Å²) in [4.78, 5) is 22.7. The van der Waals surface area contributed by atoms with Gasteiger partial charge in [0, 0.05) is 62.4 Å². The Morgan fingerprint density at radius 3 is 2.65 bits per heavy atom. The van der Waals surface area contributed by atoms with Crippen molar-refractivity contribution in [3.8, 4) is 5.75 Å². The molecule has 1 aliphatic carbocycles. The Morgan fingerprint density at radius 1 is 0.971 bits per heavy atom. The molecule has 0 spiro atoms. The summed E-state index contributed by atoms with van der Waals surface area (Å²) >= 11 is 0. The quantitative estimate of drug-likeness (QED) is 0.616. The van der Waals surface area contributed by atoms with Crippen LogP contribution in [0.1, 0.15) is 31.2 Å². The molecule has 1 N–H and O–H groups in total. The van der Waals surface area contributed by atoms with Crippen LogP contribution in [0.4, 0.5) is 17.3 Å². The van der Waals surface area contributed by atoms with Crippen molar-refractivity contribution in [2.24, 2.45) is 0 Å². The number of aromatic nitrogens is 4. The molecule has 178 valence electrons. The van der Waals surface area contributed by atoms with E-state index >= 15 is 0 Å². The molecule has 6 rings (SSSR count). The molecular formula is C25H31N7O2. The standard InChI is InChI=1S/C25H31N7O2/c1-31-9-6-20-24(28-16-29-25(20)31)30-17-2-4-19(5-3-17)34-22-15-18(32-10-12-33-13-11-32)14-21-23(22)27-8-7-26-21/h7-8,14-17,19H,2-6,9-13H2,1H3,(H,28,29,30). The topological polar surface area (TPSA) is 88.5 Å². The van der Waals surface area contributed by atoms with Crippen molar-refractivity contribution in [3.05, 3.63) is 36.4 Å². The van der Waals surface area contributed by atoms with E-state index in [1.807, 2.05) is 0 Å². The van der Waals surface area contributed by atoms with Gasteiger partial charge in [-0.15, -0.1) is 0 Å². The second kappa shape index (κ2) is 9.21. The van der Waals surface area contributed by atoms with E-state index in [0.29, 0.717) is 6.04 Å². The smallest absolute Gasteiger partial charge is 0.149 e. The molecule has 2 fully saturated rings. The number of rotatable bonds is 5. The fourth-order valence-corrected chi connectivity index (χ4v) is 5.29. The Balaban J connectivity index is 1.14. The molecule has 4 heterocycles. The third kappa shape index (κ3) is 4.20. The van der Waals surface area contributed by atoms with E-state index in [0.717, 1.165) is 99.1 Å². The second-order valence-electron chi connectivity index (χ2n) is 9.40. The summed E-state index contributed by atoms with van der Waals surface area (Å²) in [5.74, 6) is 2.89. The predicted octanol–water partition coefficient (Wildman–Crippen LogP) is 3.05. The Labute approximate surface area is 199 Å². The molecular weight excluding hydrogens is 430 g/mol. The molecule has 9 nitrogen and oxygen atoms in total. The van der Waals surface area contributed by atoms with Crippen LogP contribution in [0, 0.1) is 0 Å². The van der Waals surface area contributed by atoms with E-state index < -0.39 is 0 Å². The summed E-state index contributed by atoms with van der Waals surface area (Å²) in [6.07, 6.45) is 10.4. The Bertz CT molecular complexity index is 1160. The zero-order valence-electron chi connectivity index (χ0n) is 19.6. The maximum Gasteiger partial charge on any atom is 0.149 e. The van der Waals surface area contributed by atoms with Gasteiger partial charge in [0.25, 0.3) is 0 Å². The molecule has 0 radical (unpaired) electrons. The van der Waals surface area contributed by atoms with Gasteiger partial charge in [0.15, 0.2) is 0 Å². The molecule has 1 saturated carbocycles. The van der Waals surface area contributed by atoms with Crippen LogP contribution in [0.2, 0.25) is 0 Å². The van der Waals surface area contributed by atoms with Gasteiger partial charge in [0.05, 0.1) is 24.8 Å². The van der Waals surface area contributed by atoms with Crippen molar-refractivity contribution in [3.63, 3.8) is 0 Å². The second-order valence-corrected chi connectivity index (χ2v) is 9.40. The highest BCUT2D eigenvalue weighted by Gasteiger charge is 2.27. The Kier molecular flexibility index (Phi) is 5.78. The van der Waals surface area contributed by atoms with Gasteiger partial charge >= 0.3 is 0 Å². The lowest BCUT2D eigenvalue weighted by Gasteiger charge is -2.31.